The number of hydrogen-bond acceptors (Lipinski definition) is 5. The van der Waals surface area contributed by atoms with E-state index in [-0.39, 0.29) is 24.1 Å². The quantitative estimate of drug-likeness (QED) is 0.637. The van der Waals surface area contributed by atoms with Crippen molar-refractivity contribution in [3.8, 4) is 0 Å². The molecule has 0 radical (unpaired) electrons. The number of carbonyl (C=O) groups is 3. The van der Waals surface area contributed by atoms with Crippen molar-refractivity contribution in [2.45, 2.75) is 37.5 Å². The Morgan fingerprint density at radius 2 is 1.91 bits per heavy atom. The normalized spacial score (nSPS) is 17.9. The van der Waals surface area contributed by atoms with E-state index in [4.69, 9.17) is 11.6 Å². The van der Waals surface area contributed by atoms with Crippen LogP contribution >= 0.6 is 23.4 Å². The number of thioether (sulfide) groups is 1. The summed E-state index contributed by atoms with van der Waals surface area (Å²) in [5.41, 5.74) is 1.82. The lowest BCUT2D eigenvalue weighted by Crippen LogP contribution is -2.33. The zero-order valence-electron chi connectivity index (χ0n) is 19.0. The summed E-state index contributed by atoms with van der Waals surface area (Å²) in [5.74, 6) is -0.724. The molecule has 2 aromatic carbocycles. The van der Waals surface area contributed by atoms with Gasteiger partial charge in [0.1, 0.15) is 5.25 Å². The molecule has 2 aliphatic rings. The molecule has 9 heteroatoms. The number of nitrogens with zero attached hydrogens (tertiary/aromatic N) is 3. The number of hydrogen-bond donors (Lipinski definition) is 1. The average Bonchev–Trinajstić information content (AvgIpc) is 3.20. The molecular formula is C25H27ClN4O3S. The van der Waals surface area contributed by atoms with E-state index in [1.165, 1.54) is 18.2 Å². The fourth-order valence-electron chi connectivity index (χ4n) is 4.01. The van der Waals surface area contributed by atoms with Crippen LogP contribution in [0.4, 0.5) is 5.69 Å². The molecule has 0 aromatic heterocycles. The number of carbonyl (C=O) groups excluding carboxylic acids is 3. The molecule has 1 fully saturated rings. The van der Waals surface area contributed by atoms with E-state index >= 15 is 0 Å². The average molecular weight is 499 g/mol. The molecule has 2 aromatic rings. The van der Waals surface area contributed by atoms with E-state index in [9.17, 15) is 14.4 Å². The van der Waals surface area contributed by atoms with Gasteiger partial charge >= 0.3 is 0 Å². The lowest BCUT2D eigenvalue weighted by Gasteiger charge is -2.27. The highest BCUT2D eigenvalue weighted by molar-refractivity contribution is 8.15. The minimum Gasteiger partial charge on any atom is -0.351 e. The van der Waals surface area contributed by atoms with Crippen molar-refractivity contribution >= 4 is 51.9 Å². The Bertz CT molecular complexity index is 1120. The summed E-state index contributed by atoms with van der Waals surface area (Å²) in [5, 5.41) is 3.64. The first-order valence-electron chi connectivity index (χ1n) is 11.3. The Labute approximate surface area is 208 Å². The number of aliphatic imine (C=N–C) groups is 1. The second kappa shape index (κ2) is 11.1. The van der Waals surface area contributed by atoms with E-state index < -0.39 is 5.25 Å². The van der Waals surface area contributed by atoms with Crippen LogP contribution in [0.1, 0.15) is 41.6 Å². The maximum absolute atomic E-state index is 12.9. The summed E-state index contributed by atoms with van der Waals surface area (Å²) in [6, 6.07) is 14.2. The van der Waals surface area contributed by atoms with Gasteiger partial charge in [-0.15, -0.1) is 0 Å². The van der Waals surface area contributed by atoms with Gasteiger partial charge in [0.05, 0.1) is 0 Å². The first-order valence-corrected chi connectivity index (χ1v) is 12.6. The van der Waals surface area contributed by atoms with Gasteiger partial charge in [-0.2, -0.15) is 4.99 Å². The van der Waals surface area contributed by atoms with Crippen LogP contribution in [0.25, 0.3) is 0 Å². The van der Waals surface area contributed by atoms with Gasteiger partial charge in [-0.1, -0.05) is 47.6 Å². The molecule has 1 saturated heterocycles. The number of amides is 3. The minimum absolute atomic E-state index is 0.0366. The second-order valence-corrected chi connectivity index (χ2v) is 10.0. The van der Waals surface area contributed by atoms with Crippen LogP contribution in [0.3, 0.4) is 0 Å². The van der Waals surface area contributed by atoms with Crippen LogP contribution in [0.5, 0.6) is 0 Å². The summed E-state index contributed by atoms with van der Waals surface area (Å²) in [7, 11) is 1.71. The highest BCUT2D eigenvalue weighted by Gasteiger charge is 2.33. The summed E-state index contributed by atoms with van der Waals surface area (Å²) < 4.78 is 0. The van der Waals surface area contributed by atoms with Gasteiger partial charge in [0.2, 0.25) is 5.91 Å². The molecule has 2 heterocycles. The number of nitrogens with one attached hydrogen (secondary N) is 1. The number of amidine groups is 1. The summed E-state index contributed by atoms with van der Waals surface area (Å²) in [4.78, 5) is 45.8. The van der Waals surface area contributed by atoms with Crippen molar-refractivity contribution in [3.63, 3.8) is 0 Å². The molecule has 7 nitrogen and oxygen atoms in total. The molecule has 1 unspecified atom stereocenters. The molecular weight excluding hydrogens is 472 g/mol. The van der Waals surface area contributed by atoms with Crippen LogP contribution in [0.15, 0.2) is 53.5 Å². The third kappa shape index (κ3) is 5.98. The van der Waals surface area contributed by atoms with Gasteiger partial charge in [0.15, 0.2) is 5.17 Å². The number of rotatable bonds is 6. The van der Waals surface area contributed by atoms with E-state index in [2.05, 4.69) is 15.2 Å². The Hall–Kier alpha value is -2.84. The van der Waals surface area contributed by atoms with Crippen LogP contribution in [0, 0.1) is 0 Å². The fourth-order valence-corrected chi connectivity index (χ4v) is 5.33. The Balaban J connectivity index is 1.33. The van der Waals surface area contributed by atoms with Crippen molar-refractivity contribution in [2.24, 2.45) is 4.99 Å². The van der Waals surface area contributed by atoms with Crippen LogP contribution in [0.2, 0.25) is 5.02 Å². The molecule has 0 aliphatic carbocycles. The summed E-state index contributed by atoms with van der Waals surface area (Å²) in [6.45, 7) is 2.18. The third-order valence-corrected chi connectivity index (χ3v) is 7.41. The van der Waals surface area contributed by atoms with Gasteiger partial charge in [-0.3, -0.25) is 14.4 Å². The lowest BCUT2D eigenvalue weighted by atomic mass is 10.1. The van der Waals surface area contributed by atoms with Crippen molar-refractivity contribution in [3.05, 3.63) is 64.7 Å². The van der Waals surface area contributed by atoms with Gasteiger partial charge in [0.25, 0.3) is 11.8 Å². The van der Waals surface area contributed by atoms with Gasteiger partial charge < -0.3 is 15.1 Å². The highest BCUT2D eigenvalue weighted by atomic mass is 35.5. The van der Waals surface area contributed by atoms with Crippen LogP contribution < -0.4 is 5.32 Å². The maximum atomic E-state index is 12.9. The topological polar surface area (TPSA) is 82.1 Å². The maximum Gasteiger partial charge on any atom is 0.262 e. The summed E-state index contributed by atoms with van der Waals surface area (Å²) >= 11 is 7.58. The van der Waals surface area contributed by atoms with Crippen molar-refractivity contribution in [1.82, 2.24) is 9.80 Å². The SMILES string of the molecule is CN(Cc1ccccc1Cl)C(=O)c1cccc(NC(=O)CC2SC(N3CCCCC3)=NC2=O)c1. The van der Waals surface area contributed by atoms with Gasteiger partial charge in [-0.05, 0) is 49.1 Å². The molecule has 0 saturated carbocycles. The fraction of sp³-hybridized carbons (Fsp3) is 0.360. The second-order valence-electron chi connectivity index (χ2n) is 8.47. The summed E-state index contributed by atoms with van der Waals surface area (Å²) in [6.07, 6.45) is 3.43. The van der Waals surface area contributed by atoms with Gasteiger partial charge in [0, 0.05) is 49.4 Å². The molecule has 1 atom stereocenters. The molecule has 3 amide bonds. The van der Waals surface area contributed by atoms with Gasteiger partial charge in [-0.25, -0.2) is 0 Å². The number of piperidine rings is 1. The Morgan fingerprint density at radius 1 is 1.15 bits per heavy atom. The van der Waals surface area contributed by atoms with E-state index in [0.717, 1.165) is 36.7 Å². The lowest BCUT2D eigenvalue weighted by molar-refractivity contribution is -0.121. The largest absolute Gasteiger partial charge is 0.351 e. The smallest absolute Gasteiger partial charge is 0.262 e. The zero-order valence-corrected chi connectivity index (χ0v) is 20.6. The number of benzene rings is 2. The molecule has 1 N–H and O–H groups in total. The van der Waals surface area contributed by atoms with E-state index in [0.29, 0.717) is 22.8 Å². The molecule has 34 heavy (non-hydrogen) atoms. The molecule has 0 spiro atoms. The Kier molecular flexibility index (Phi) is 7.90. The monoisotopic (exact) mass is 498 g/mol. The minimum atomic E-state index is -0.511. The first-order chi connectivity index (χ1) is 16.4. The van der Waals surface area contributed by atoms with Crippen LogP contribution in [-0.2, 0) is 16.1 Å². The number of halogens is 1. The van der Waals surface area contributed by atoms with Crippen molar-refractivity contribution in [2.75, 3.05) is 25.5 Å². The first kappa shape index (κ1) is 24.3. The van der Waals surface area contributed by atoms with Crippen molar-refractivity contribution < 1.29 is 14.4 Å². The zero-order chi connectivity index (χ0) is 24.1. The molecule has 178 valence electrons. The third-order valence-electron chi connectivity index (χ3n) is 5.83. The Morgan fingerprint density at radius 3 is 2.68 bits per heavy atom. The predicted molar refractivity (Wildman–Crippen MR) is 136 cm³/mol. The molecule has 2 aliphatic heterocycles. The van der Waals surface area contributed by atoms with Crippen molar-refractivity contribution in [1.29, 1.82) is 0 Å². The standard InChI is InChI=1S/C25H27ClN4O3S/c1-29(16-18-8-3-4-11-20(18)26)24(33)17-9-7-10-19(14-17)27-22(31)15-21-23(32)28-25(34-21)30-12-5-2-6-13-30/h3-4,7-11,14,21H,2,5-6,12-13,15-16H2,1H3,(H,27,31). The van der Waals surface area contributed by atoms with Crippen LogP contribution in [-0.4, -0.2) is 58.1 Å². The van der Waals surface area contributed by atoms with E-state index in [1.807, 2.05) is 18.2 Å². The highest BCUT2D eigenvalue weighted by Crippen LogP contribution is 2.29. The molecule has 4 rings (SSSR count). The molecule has 0 bridgehead atoms. The predicted octanol–water partition coefficient (Wildman–Crippen LogP) is 4.42. The van der Waals surface area contributed by atoms with E-state index in [1.54, 1.807) is 42.3 Å². The number of anilines is 1. The number of likely N-dealkylation sites (tertiary alicyclic amines) is 1.